The molecule has 0 bridgehead atoms. The lowest BCUT2D eigenvalue weighted by molar-refractivity contribution is 0.604. The van der Waals surface area contributed by atoms with Crippen molar-refractivity contribution in [2.75, 3.05) is 5.32 Å². The van der Waals surface area contributed by atoms with Crippen molar-refractivity contribution in [1.82, 2.24) is 0 Å². The van der Waals surface area contributed by atoms with Gasteiger partial charge in [0.25, 0.3) is 0 Å². The number of benzene rings is 1. The number of sulfone groups is 1. The Labute approximate surface area is 84.1 Å². The van der Waals surface area contributed by atoms with Crippen molar-refractivity contribution in [3.63, 3.8) is 0 Å². The molecule has 1 atom stereocenters. The van der Waals surface area contributed by atoms with E-state index >= 15 is 0 Å². The molecule has 1 heterocycles. The monoisotopic (exact) mass is 210 g/mol. The van der Waals surface area contributed by atoms with Crippen LogP contribution in [0.3, 0.4) is 0 Å². The van der Waals surface area contributed by atoms with Crippen LogP contribution in [0, 0.1) is 6.26 Å². The van der Waals surface area contributed by atoms with Gasteiger partial charge in [-0.2, -0.15) is 0 Å². The van der Waals surface area contributed by atoms with E-state index in [1.165, 1.54) is 0 Å². The van der Waals surface area contributed by atoms with Crippen molar-refractivity contribution in [3.05, 3.63) is 30.0 Å². The van der Waals surface area contributed by atoms with Gasteiger partial charge < -0.3 is 5.32 Å². The molecule has 0 saturated carbocycles. The third-order valence-corrected chi connectivity index (χ3v) is 3.34. The van der Waals surface area contributed by atoms with E-state index in [1.807, 2.05) is 0 Å². The van der Waals surface area contributed by atoms with Crippen LogP contribution < -0.4 is 5.32 Å². The van der Waals surface area contributed by atoms with Gasteiger partial charge in [0.05, 0.1) is 11.2 Å². The Morgan fingerprint density at radius 1 is 1.50 bits per heavy atom. The van der Waals surface area contributed by atoms with Gasteiger partial charge >= 0.3 is 0 Å². The molecular weight excluding hydrogens is 198 g/mol. The lowest BCUT2D eigenvalue weighted by atomic mass is 10.1. The summed E-state index contributed by atoms with van der Waals surface area (Å²) in [6.45, 7) is 2.07. The van der Waals surface area contributed by atoms with E-state index in [0.717, 1.165) is 17.7 Å². The summed E-state index contributed by atoms with van der Waals surface area (Å²) in [6.07, 6.45) is 4.01. The lowest BCUT2D eigenvalue weighted by Gasteiger charge is -2.02. The van der Waals surface area contributed by atoms with Gasteiger partial charge in [-0.3, -0.25) is 0 Å². The second-order valence-corrected chi connectivity index (χ2v) is 5.38. The van der Waals surface area contributed by atoms with Crippen LogP contribution in [0.4, 0.5) is 5.69 Å². The van der Waals surface area contributed by atoms with Gasteiger partial charge in [0.15, 0.2) is 9.84 Å². The Balaban J connectivity index is 2.48. The molecule has 4 heteroatoms. The molecule has 1 aromatic carbocycles. The average Bonchev–Trinajstić information content (AvgIpc) is 2.41. The standard InChI is InChI=1S/C10H12NO2S/c1-7-5-8-6-9(14(2,12)13)3-4-10(8)11-7/h3-4,6-7,11H,2,5H2,1H3. The smallest absolute Gasteiger partial charge is 0.179 e. The van der Waals surface area contributed by atoms with Crippen LogP contribution in [0.15, 0.2) is 23.1 Å². The van der Waals surface area contributed by atoms with Crippen LogP contribution in [-0.4, -0.2) is 14.5 Å². The minimum Gasteiger partial charge on any atom is -0.382 e. The van der Waals surface area contributed by atoms with Crippen molar-refractivity contribution in [1.29, 1.82) is 0 Å². The van der Waals surface area contributed by atoms with Crippen molar-refractivity contribution in [3.8, 4) is 0 Å². The molecular formula is C10H12NO2S. The predicted octanol–water partition coefficient (Wildman–Crippen LogP) is 1.61. The van der Waals surface area contributed by atoms with Crippen LogP contribution in [0.2, 0.25) is 0 Å². The maximum atomic E-state index is 11.2. The zero-order valence-corrected chi connectivity index (χ0v) is 8.76. The number of nitrogens with one attached hydrogen (secondary N) is 1. The molecule has 1 N–H and O–H groups in total. The molecule has 0 saturated heterocycles. The molecule has 0 aliphatic carbocycles. The molecule has 0 fully saturated rings. The number of anilines is 1. The normalized spacial score (nSPS) is 20.3. The Bertz CT molecular complexity index is 465. The Hall–Kier alpha value is -1.03. The summed E-state index contributed by atoms with van der Waals surface area (Å²) in [5.74, 6) is 0. The second-order valence-electron chi connectivity index (χ2n) is 3.68. The van der Waals surface area contributed by atoms with E-state index in [4.69, 9.17) is 0 Å². The summed E-state index contributed by atoms with van der Waals surface area (Å²) >= 11 is 0. The van der Waals surface area contributed by atoms with E-state index in [1.54, 1.807) is 18.2 Å². The van der Waals surface area contributed by atoms with Crippen molar-refractivity contribution in [2.24, 2.45) is 0 Å². The first-order valence-corrected chi connectivity index (χ1v) is 6.09. The molecule has 1 radical (unpaired) electrons. The minimum atomic E-state index is -3.32. The number of hydrogen-bond acceptors (Lipinski definition) is 3. The zero-order chi connectivity index (χ0) is 10.3. The van der Waals surface area contributed by atoms with Gasteiger partial charge in [-0.1, -0.05) is 0 Å². The quantitative estimate of drug-likeness (QED) is 0.766. The van der Waals surface area contributed by atoms with Crippen LogP contribution in [0.1, 0.15) is 12.5 Å². The molecule has 75 valence electrons. The SMILES string of the molecule is [CH2]S(=O)(=O)c1ccc2c(c1)CC(C)N2. The summed E-state index contributed by atoms with van der Waals surface area (Å²) in [5.41, 5.74) is 2.09. The number of fused-ring (bicyclic) bond motifs is 1. The van der Waals surface area contributed by atoms with Gasteiger partial charge in [0.1, 0.15) is 0 Å². The topological polar surface area (TPSA) is 46.2 Å². The van der Waals surface area contributed by atoms with Crippen molar-refractivity contribution >= 4 is 15.5 Å². The van der Waals surface area contributed by atoms with E-state index in [0.29, 0.717) is 10.9 Å². The van der Waals surface area contributed by atoms with Crippen LogP contribution >= 0.6 is 0 Å². The molecule has 1 aliphatic rings. The zero-order valence-electron chi connectivity index (χ0n) is 7.95. The molecule has 0 amide bonds. The molecule has 2 rings (SSSR count). The predicted molar refractivity (Wildman–Crippen MR) is 55.8 cm³/mol. The first-order valence-electron chi connectivity index (χ1n) is 4.44. The highest BCUT2D eigenvalue weighted by atomic mass is 32.2. The van der Waals surface area contributed by atoms with Gasteiger partial charge in [-0.25, -0.2) is 8.42 Å². The van der Waals surface area contributed by atoms with Crippen LogP contribution in [-0.2, 0) is 16.3 Å². The third kappa shape index (κ3) is 1.62. The summed E-state index contributed by atoms with van der Waals surface area (Å²) in [4.78, 5) is 0.298. The maximum Gasteiger partial charge on any atom is 0.179 e. The van der Waals surface area contributed by atoms with Crippen molar-refractivity contribution < 1.29 is 8.42 Å². The molecule has 14 heavy (non-hydrogen) atoms. The van der Waals surface area contributed by atoms with Crippen molar-refractivity contribution in [2.45, 2.75) is 24.3 Å². The second kappa shape index (κ2) is 2.98. The Morgan fingerprint density at radius 2 is 2.21 bits per heavy atom. The summed E-state index contributed by atoms with van der Waals surface area (Å²) < 4.78 is 22.4. The fourth-order valence-corrected chi connectivity index (χ4v) is 2.32. The highest BCUT2D eigenvalue weighted by Crippen LogP contribution is 2.28. The Kier molecular flexibility index (Phi) is 2.03. The Morgan fingerprint density at radius 3 is 2.86 bits per heavy atom. The van der Waals surface area contributed by atoms with Gasteiger partial charge in [0, 0.05) is 11.7 Å². The highest BCUT2D eigenvalue weighted by molar-refractivity contribution is 7.92. The molecule has 1 aromatic rings. The summed E-state index contributed by atoms with van der Waals surface area (Å²) in [5, 5.41) is 3.26. The first kappa shape index (κ1) is 9.52. The molecule has 3 nitrogen and oxygen atoms in total. The van der Waals surface area contributed by atoms with Gasteiger partial charge in [-0.05, 0) is 37.1 Å². The van der Waals surface area contributed by atoms with E-state index < -0.39 is 9.84 Å². The summed E-state index contributed by atoms with van der Waals surface area (Å²) in [6, 6.07) is 5.48. The van der Waals surface area contributed by atoms with Crippen LogP contribution in [0.5, 0.6) is 0 Å². The maximum absolute atomic E-state index is 11.2. The number of rotatable bonds is 1. The molecule has 0 aromatic heterocycles. The molecule has 1 unspecified atom stereocenters. The lowest BCUT2D eigenvalue weighted by Crippen LogP contribution is -2.08. The molecule has 1 aliphatic heterocycles. The highest BCUT2D eigenvalue weighted by Gasteiger charge is 2.18. The minimum absolute atomic E-state index is 0.298. The van der Waals surface area contributed by atoms with E-state index in [9.17, 15) is 8.42 Å². The summed E-state index contributed by atoms with van der Waals surface area (Å²) in [7, 11) is -3.32. The molecule has 0 spiro atoms. The van der Waals surface area contributed by atoms with Gasteiger partial charge in [-0.15, -0.1) is 0 Å². The largest absolute Gasteiger partial charge is 0.382 e. The number of hydrogen-bond donors (Lipinski definition) is 1. The third-order valence-electron chi connectivity index (χ3n) is 2.36. The van der Waals surface area contributed by atoms with E-state index in [2.05, 4.69) is 18.5 Å². The average molecular weight is 210 g/mol. The fraction of sp³-hybridized carbons (Fsp3) is 0.300. The first-order chi connectivity index (χ1) is 6.47. The fourth-order valence-electron chi connectivity index (χ4n) is 1.72. The van der Waals surface area contributed by atoms with Crippen LogP contribution in [0.25, 0.3) is 0 Å². The van der Waals surface area contributed by atoms with E-state index in [-0.39, 0.29) is 0 Å². The van der Waals surface area contributed by atoms with Gasteiger partial charge in [0.2, 0.25) is 0 Å².